The third kappa shape index (κ3) is 4.62. The minimum atomic E-state index is -3.44. The van der Waals surface area contributed by atoms with E-state index in [1.807, 2.05) is 6.07 Å². The molecule has 1 amide bonds. The SMILES string of the molecule is O=C(CCn1c(=O)[nH]c(=O)c2ccccc21)N1CCc2cc(NS(=O)(=O)C3CCCCC3)ccc21. The topological polar surface area (TPSA) is 121 Å². The molecule has 1 aromatic heterocycles. The van der Waals surface area contributed by atoms with Crippen LogP contribution in [-0.2, 0) is 27.8 Å². The molecule has 9 nitrogen and oxygen atoms in total. The molecule has 2 heterocycles. The number of amides is 1. The van der Waals surface area contributed by atoms with E-state index >= 15 is 0 Å². The number of fused-ring (bicyclic) bond motifs is 2. The fourth-order valence-electron chi connectivity index (χ4n) is 5.15. The minimum absolute atomic E-state index is 0.0887. The lowest BCUT2D eigenvalue weighted by Crippen LogP contribution is -2.34. The first-order chi connectivity index (χ1) is 16.8. The van der Waals surface area contributed by atoms with E-state index in [2.05, 4.69) is 9.71 Å². The second-order valence-corrected chi connectivity index (χ2v) is 11.2. The Bertz CT molecular complexity index is 1500. The van der Waals surface area contributed by atoms with Crippen molar-refractivity contribution in [3.63, 3.8) is 0 Å². The molecule has 1 fully saturated rings. The average Bonchev–Trinajstić information content (AvgIpc) is 3.27. The summed E-state index contributed by atoms with van der Waals surface area (Å²) in [5.41, 5.74) is 1.69. The second kappa shape index (κ2) is 9.33. The molecule has 0 atom stereocenters. The third-order valence-electron chi connectivity index (χ3n) is 6.98. The van der Waals surface area contributed by atoms with Crippen LogP contribution in [0.2, 0.25) is 0 Å². The van der Waals surface area contributed by atoms with Gasteiger partial charge in [0, 0.05) is 30.9 Å². The number of nitrogens with zero attached hydrogens (tertiary/aromatic N) is 2. The maximum Gasteiger partial charge on any atom is 0.328 e. The number of aromatic amines is 1. The molecule has 35 heavy (non-hydrogen) atoms. The van der Waals surface area contributed by atoms with E-state index in [1.54, 1.807) is 41.3 Å². The number of aryl methyl sites for hydroxylation is 1. The summed E-state index contributed by atoms with van der Waals surface area (Å²) in [7, 11) is -3.44. The van der Waals surface area contributed by atoms with Gasteiger partial charge >= 0.3 is 5.69 Å². The number of anilines is 2. The number of hydrogen-bond acceptors (Lipinski definition) is 5. The van der Waals surface area contributed by atoms with Crippen molar-refractivity contribution >= 4 is 38.2 Å². The first-order valence-corrected chi connectivity index (χ1v) is 13.5. The lowest BCUT2D eigenvalue weighted by molar-refractivity contribution is -0.118. The van der Waals surface area contributed by atoms with Crippen molar-refractivity contribution in [2.45, 2.75) is 56.7 Å². The van der Waals surface area contributed by atoms with Gasteiger partial charge in [-0.15, -0.1) is 0 Å². The van der Waals surface area contributed by atoms with Crippen LogP contribution in [0.15, 0.2) is 52.1 Å². The lowest BCUT2D eigenvalue weighted by Gasteiger charge is -2.23. The molecule has 0 spiro atoms. The van der Waals surface area contributed by atoms with E-state index in [9.17, 15) is 22.8 Å². The number of nitrogens with one attached hydrogen (secondary N) is 2. The van der Waals surface area contributed by atoms with Gasteiger partial charge in [-0.2, -0.15) is 0 Å². The monoisotopic (exact) mass is 496 g/mol. The summed E-state index contributed by atoms with van der Waals surface area (Å²) < 4.78 is 29.7. The molecule has 2 aromatic carbocycles. The van der Waals surface area contributed by atoms with Crippen LogP contribution >= 0.6 is 0 Å². The number of aromatic nitrogens is 2. The molecule has 3 aromatic rings. The molecule has 0 radical (unpaired) electrons. The van der Waals surface area contributed by atoms with E-state index in [0.29, 0.717) is 42.4 Å². The quantitative estimate of drug-likeness (QED) is 0.544. The van der Waals surface area contributed by atoms with Crippen LogP contribution in [0.4, 0.5) is 11.4 Å². The molecular formula is C25H28N4O5S. The molecule has 5 rings (SSSR count). The Morgan fingerprint density at radius 1 is 1.06 bits per heavy atom. The number of sulfonamides is 1. The fourth-order valence-corrected chi connectivity index (χ4v) is 6.73. The van der Waals surface area contributed by atoms with Crippen LogP contribution in [0.25, 0.3) is 10.9 Å². The summed E-state index contributed by atoms with van der Waals surface area (Å²) in [5, 5.41) is 0.0456. The van der Waals surface area contributed by atoms with Gasteiger partial charge in [0.1, 0.15) is 0 Å². The summed E-state index contributed by atoms with van der Waals surface area (Å²) in [6.07, 6.45) is 5.06. The van der Waals surface area contributed by atoms with E-state index in [4.69, 9.17) is 0 Å². The lowest BCUT2D eigenvalue weighted by atomic mass is 10.0. The van der Waals surface area contributed by atoms with Crippen molar-refractivity contribution in [1.82, 2.24) is 9.55 Å². The van der Waals surface area contributed by atoms with Gasteiger partial charge in [0.05, 0.1) is 16.2 Å². The Balaban J connectivity index is 1.30. The number of carbonyl (C=O) groups excluding carboxylic acids is 1. The van der Waals surface area contributed by atoms with Crippen molar-refractivity contribution in [3.8, 4) is 0 Å². The molecule has 0 saturated heterocycles. The van der Waals surface area contributed by atoms with Gasteiger partial charge in [-0.25, -0.2) is 13.2 Å². The highest BCUT2D eigenvalue weighted by molar-refractivity contribution is 7.93. The van der Waals surface area contributed by atoms with Crippen LogP contribution < -0.4 is 20.9 Å². The van der Waals surface area contributed by atoms with Crippen molar-refractivity contribution < 1.29 is 13.2 Å². The van der Waals surface area contributed by atoms with Gasteiger partial charge in [-0.1, -0.05) is 31.4 Å². The predicted octanol–water partition coefficient (Wildman–Crippen LogP) is 2.74. The van der Waals surface area contributed by atoms with Crippen LogP contribution in [-0.4, -0.2) is 35.7 Å². The second-order valence-electron chi connectivity index (χ2n) is 9.22. The predicted molar refractivity (Wildman–Crippen MR) is 135 cm³/mol. The molecule has 2 aliphatic rings. The Kier molecular flexibility index (Phi) is 6.22. The molecule has 2 N–H and O–H groups in total. The fraction of sp³-hybridized carbons (Fsp3) is 0.400. The highest BCUT2D eigenvalue weighted by Crippen LogP contribution is 2.32. The summed E-state index contributed by atoms with van der Waals surface area (Å²) in [6, 6.07) is 12.1. The van der Waals surface area contributed by atoms with E-state index in [1.165, 1.54) is 4.57 Å². The number of para-hydroxylation sites is 1. The maximum atomic E-state index is 13.0. The third-order valence-corrected chi connectivity index (χ3v) is 8.85. The number of hydrogen-bond donors (Lipinski definition) is 2. The number of H-pyrrole nitrogens is 1. The Morgan fingerprint density at radius 2 is 1.83 bits per heavy atom. The Morgan fingerprint density at radius 3 is 2.63 bits per heavy atom. The smallest absolute Gasteiger partial charge is 0.312 e. The maximum absolute atomic E-state index is 13.0. The summed E-state index contributed by atoms with van der Waals surface area (Å²) in [5.74, 6) is -0.138. The molecule has 184 valence electrons. The number of rotatable bonds is 6. The highest BCUT2D eigenvalue weighted by atomic mass is 32.2. The molecule has 1 aliphatic heterocycles. The Labute approximate surface area is 202 Å². The standard InChI is InChI=1S/C25H28N4O5S/c30-23(13-15-29-22-9-5-4-8-20(22)24(31)26-25(29)32)28-14-12-17-16-18(10-11-21(17)28)27-35(33,34)19-6-2-1-3-7-19/h4-5,8-11,16,19,27H,1-3,6-7,12-15H2,(H,26,31,32). The summed E-state index contributed by atoms with van der Waals surface area (Å²) >= 11 is 0. The van der Waals surface area contributed by atoms with Crippen molar-refractivity contribution in [3.05, 3.63) is 68.9 Å². The van der Waals surface area contributed by atoms with Crippen molar-refractivity contribution in [1.29, 1.82) is 0 Å². The first kappa shape index (κ1) is 23.3. The molecular weight excluding hydrogens is 468 g/mol. The highest BCUT2D eigenvalue weighted by Gasteiger charge is 2.29. The summed E-state index contributed by atoms with van der Waals surface area (Å²) in [4.78, 5) is 41.5. The van der Waals surface area contributed by atoms with Crippen molar-refractivity contribution in [2.75, 3.05) is 16.2 Å². The first-order valence-electron chi connectivity index (χ1n) is 12.0. The van der Waals surface area contributed by atoms with Crippen LogP contribution in [0.1, 0.15) is 44.1 Å². The van der Waals surface area contributed by atoms with Gasteiger partial charge in [0.15, 0.2) is 0 Å². The van der Waals surface area contributed by atoms with E-state index < -0.39 is 21.3 Å². The van der Waals surface area contributed by atoms with Crippen LogP contribution in [0.3, 0.4) is 0 Å². The van der Waals surface area contributed by atoms with Crippen LogP contribution in [0, 0.1) is 0 Å². The van der Waals surface area contributed by atoms with Gasteiger partial charge < -0.3 is 4.90 Å². The number of benzene rings is 2. The van der Waals surface area contributed by atoms with Gasteiger partial charge in [-0.05, 0) is 55.2 Å². The average molecular weight is 497 g/mol. The van der Waals surface area contributed by atoms with Crippen LogP contribution in [0.5, 0.6) is 0 Å². The van der Waals surface area contributed by atoms with E-state index in [0.717, 1.165) is 30.5 Å². The largest absolute Gasteiger partial charge is 0.328 e. The Hall–Kier alpha value is -3.40. The summed E-state index contributed by atoms with van der Waals surface area (Å²) in [6.45, 7) is 0.633. The van der Waals surface area contributed by atoms with Crippen molar-refractivity contribution in [2.24, 2.45) is 0 Å². The zero-order valence-electron chi connectivity index (χ0n) is 19.3. The minimum Gasteiger partial charge on any atom is -0.312 e. The zero-order chi connectivity index (χ0) is 24.6. The molecule has 1 aliphatic carbocycles. The van der Waals surface area contributed by atoms with Gasteiger partial charge in [-0.3, -0.25) is 23.9 Å². The number of carbonyl (C=O) groups is 1. The zero-order valence-corrected chi connectivity index (χ0v) is 20.1. The normalized spacial score (nSPS) is 16.4. The van der Waals surface area contributed by atoms with E-state index in [-0.39, 0.29) is 24.1 Å². The molecule has 0 unspecified atom stereocenters. The molecule has 1 saturated carbocycles. The molecule has 10 heteroatoms. The van der Waals surface area contributed by atoms with Gasteiger partial charge in [0.2, 0.25) is 15.9 Å². The molecule has 0 bridgehead atoms. The van der Waals surface area contributed by atoms with Gasteiger partial charge in [0.25, 0.3) is 5.56 Å².